The van der Waals surface area contributed by atoms with Crippen LogP contribution in [0.2, 0.25) is 0 Å². The Morgan fingerprint density at radius 3 is 2.94 bits per heavy atom. The molecule has 1 aliphatic carbocycles. The van der Waals surface area contributed by atoms with Crippen molar-refractivity contribution in [2.75, 3.05) is 7.05 Å². The molecule has 1 aromatic heterocycles. The number of benzene rings is 1. The van der Waals surface area contributed by atoms with Crippen molar-refractivity contribution in [3.8, 4) is 0 Å². The third kappa shape index (κ3) is 2.31. The van der Waals surface area contributed by atoms with Gasteiger partial charge in [-0.1, -0.05) is 24.3 Å². The first kappa shape index (κ1) is 11.5. The third-order valence-electron chi connectivity index (χ3n) is 3.92. The van der Waals surface area contributed by atoms with E-state index in [4.69, 9.17) is 0 Å². The summed E-state index contributed by atoms with van der Waals surface area (Å²) in [5, 5.41) is 0. The molecule has 0 spiro atoms. The Kier molecular flexibility index (Phi) is 3.15. The number of likely N-dealkylation sites (N-methyl/N-ethyl adjacent to an activating group) is 1. The molecule has 0 aliphatic heterocycles. The normalized spacial score (nSPS) is 18.9. The number of H-pyrrole nitrogens is 1. The molecule has 2 aromatic rings. The zero-order valence-corrected chi connectivity index (χ0v) is 10.8. The Bertz CT molecular complexity index is 504. The van der Waals surface area contributed by atoms with Crippen LogP contribution in [0.3, 0.4) is 0 Å². The Morgan fingerprint density at radius 1 is 1.33 bits per heavy atom. The van der Waals surface area contributed by atoms with Gasteiger partial charge in [-0.15, -0.1) is 0 Å². The van der Waals surface area contributed by atoms with Gasteiger partial charge in [0.2, 0.25) is 0 Å². The first-order valence-electron chi connectivity index (χ1n) is 6.57. The van der Waals surface area contributed by atoms with Crippen LogP contribution >= 0.6 is 0 Å². The second-order valence-electron chi connectivity index (χ2n) is 5.16. The fraction of sp³-hybridized carbons (Fsp3) is 0.400. The first-order chi connectivity index (χ1) is 8.83. The smallest absolute Gasteiger partial charge is 0.0922 e. The average Bonchev–Trinajstić information content (AvgIpc) is 2.91. The molecule has 0 fully saturated rings. The van der Waals surface area contributed by atoms with Gasteiger partial charge in [-0.25, -0.2) is 4.98 Å². The van der Waals surface area contributed by atoms with Gasteiger partial charge in [0, 0.05) is 24.5 Å². The van der Waals surface area contributed by atoms with E-state index >= 15 is 0 Å². The fourth-order valence-electron chi connectivity index (χ4n) is 2.82. The molecule has 1 aromatic carbocycles. The summed E-state index contributed by atoms with van der Waals surface area (Å²) in [5.41, 5.74) is 4.24. The summed E-state index contributed by atoms with van der Waals surface area (Å²) in [7, 11) is 2.21. The summed E-state index contributed by atoms with van der Waals surface area (Å²) >= 11 is 0. The van der Waals surface area contributed by atoms with E-state index in [0.717, 1.165) is 6.54 Å². The van der Waals surface area contributed by atoms with Crippen molar-refractivity contribution in [1.29, 1.82) is 0 Å². The van der Waals surface area contributed by atoms with Gasteiger partial charge < -0.3 is 4.98 Å². The molecule has 3 rings (SSSR count). The number of hydrogen-bond donors (Lipinski definition) is 1. The molecule has 94 valence electrons. The van der Waals surface area contributed by atoms with E-state index in [1.54, 1.807) is 6.33 Å². The zero-order chi connectivity index (χ0) is 12.4. The number of hydrogen-bond acceptors (Lipinski definition) is 2. The third-order valence-corrected chi connectivity index (χ3v) is 3.92. The lowest BCUT2D eigenvalue weighted by atomic mass is 9.87. The van der Waals surface area contributed by atoms with E-state index in [1.165, 1.54) is 36.1 Å². The lowest BCUT2D eigenvalue weighted by Gasteiger charge is -2.32. The topological polar surface area (TPSA) is 31.9 Å². The molecule has 1 aliphatic rings. The van der Waals surface area contributed by atoms with Crippen LogP contribution in [0.1, 0.15) is 23.2 Å². The minimum absolute atomic E-state index is 0.642. The lowest BCUT2D eigenvalue weighted by molar-refractivity contribution is 0.212. The van der Waals surface area contributed by atoms with Crippen LogP contribution in [0, 0.1) is 0 Å². The molecule has 1 N–H and O–H groups in total. The van der Waals surface area contributed by atoms with Gasteiger partial charge in [-0.3, -0.25) is 4.90 Å². The van der Waals surface area contributed by atoms with Crippen LogP contribution < -0.4 is 0 Å². The molecule has 0 radical (unpaired) electrons. The number of nitrogens with zero attached hydrogens (tertiary/aromatic N) is 2. The second-order valence-corrected chi connectivity index (χ2v) is 5.16. The van der Waals surface area contributed by atoms with E-state index in [0.29, 0.717) is 6.04 Å². The SMILES string of the molecule is CN(Cc1cnc[nH]1)[C@@H]1CCc2ccccc2C1. The molecule has 0 unspecified atom stereocenters. The highest BCUT2D eigenvalue weighted by Gasteiger charge is 2.21. The number of fused-ring (bicyclic) bond motifs is 1. The van der Waals surface area contributed by atoms with Crippen LogP contribution in [0.5, 0.6) is 0 Å². The molecular formula is C15H19N3. The van der Waals surface area contributed by atoms with Crippen molar-refractivity contribution in [2.45, 2.75) is 31.8 Å². The number of aryl methyl sites for hydroxylation is 1. The van der Waals surface area contributed by atoms with Gasteiger partial charge in [0.15, 0.2) is 0 Å². The summed E-state index contributed by atoms with van der Waals surface area (Å²) in [5.74, 6) is 0. The highest BCUT2D eigenvalue weighted by Crippen LogP contribution is 2.24. The minimum atomic E-state index is 0.642. The van der Waals surface area contributed by atoms with Crippen molar-refractivity contribution in [3.05, 3.63) is 53.6 Å². The minimum Gasteiger partial charge on any atom is -0.347 e. The van der Waals surface area contributed by atoms with E-state index in [-0.39, 0.29) is 0 Å². The molecule has 3 heteroatoms. The molecular weight excluding hydrogens is 222 g/mol. The Balaban J connectivity index is 1.68. The molecule has 0 saturated carbocycles. The number of rotatable bonds is 3. The standard InChI is InChI=1S/C15H19N3/c1-18(10-14-9-16-11-17-14)15-7-6-12-4-2-3-5-13(12)8-15/h2-5,9,11,15H,6-8,10H2,1H3,(H,16,17)/t15-/m1/s1. The molecule has 18 heavy (non-hydrogen) atoms. The van der Waals surface area contributed by atoms with Crippen LogP contribution in [0.4, 0.5) is 0 Å². The monoisotopic (exact) mass is 241 g/mol. The van der Waals surface area contributed by atoms with Gasteiger partial charge in [-0.05, 0) is 37.4 Å². The lowest BCUT2D eigenvalue weighted by Crippen LogP contribution is -2.36. The van der Waals surface area contributed by atoms with Crippen molar-refractivity contribution in [2.24, 2.45) is 0 Å². The Morgan fingerprint density at radius 2 is 2.17 bits per heavy atom. The highest BCUT2D eigenvalue weighted by atomic mass is 15.1. The van der Waals surface area contributed by atoms with E-state index in [2.05, 4.69) is 46.2 Å². The number of imidazole rings is 1. The summed E-state index contributed by atoms with van der Waals surface area (Å²) in [6, 6.07) is 9.47. The molecule has 1 heterocycles. The van der Waals surface area contributed by atoms with E-state index < -0.39 is 0 Å². The van der Waals surface area contributed by atoms with Gasteiger partial charge in [0.05, 0.1) is 6.33 Å². The Hall–Kier alpha value is -1.61. The molecule has 1 atom stereocenters. The van der Waals surface area contributed by atoms with Crippen LogP contribution in [-0.2, 0) is 19.4 Å². The Labute approximate surface area is 108 Å². The molecule has 0 saturated heterocycles. The maximum Gasteiger partial charge on any atom is 0.0922 e. The van der Waals surface area contributed by atoms with Crippen molar-refractivity contribution >= 4 is 0 Å². The summed E-state index contributed by atoms with van der Waals surface area (Å²) < 4.78 is 0. The maximum atomic E-state index is 4.07. The predicted octanol–water partition coefficient (Wildman–Crippen LogP) is 2.40. The van der Waals surface area contributed by atoms with Crippen LogP contribution in [0.25, 0.3) is 0 Å². The fourth-order valence-corrected chi connectivity index (χ4v) is 2.82. The molecule has 0 amide bonds. The van der Waals surface area contributed by atoms with Crippen LogP contribution in [-0.4, -0.2) is 28.0 Å². The second kappa shape index (κ2) is 4.94. The highest BCUT2D eigenvalue weighted by molar-refractivity contribution is 5.30. The maximum absolute atomic E-state index is 4.07. The van der Waals surface area contributed by atoms with Gasteiger partial charge in [-0.2, -0.15) is 0 Å². The summed E-state index contributed by atoms with van der Waals surface area (Å²) in [4.78, 5) is 9.68. The number of aromatic amines is 1. The number of nitrogens with one attached hydrogen (secondary N) is 1. The largest absolute Gasteiger partial charge is 0.347 e. The molecule has 0 bridgehead atoms. The predicted molar refractivity (Wildman–Crippen MR) is 72.3 cm³/mol. The van der Waals surface area contributed by atoms with E-state index in [9.17, 15) is 0 Å². The van der Waals surface area contributed by atoms with Crippen LogP contribution in [0.15, 0.2) is 36.8 Å². The van der Waals surface area contributed by atoms with Gasteiger partial charge in [0.1, 0.15) is 0 Å². The summed E-state index contributed by atoms with van der Waals surface area (Å²) in [6.45, 7) is 0.951. The average molecular weight is 241 g/mol. The van der Waals surface area contributed by atoms with E-state index in [1.807, 2.05) is 6.20 Å². The van der Waals surface area contributed by atoms with Crippen molar-refractivity contribution < 1.29 is 0 Å². The zero-order valence-electron chi connectivity index (χ0n) is 10.8. The molecule has 3 nitrogen and oxygen atoms in total. The van der Waals surface area contributed by atoms with Crippen molar-refractivity contribution in [1.82, 2.24) is 14.9 Å². The quantitative estimate of drug-likeness (QED) is 0.895. The van der Waals surface area contributed by atoms with Gasteiger partial charge in [0.25, 0.3) is 0 Å². The van der Waals surface area contributed by atoms with Gasteiger partial charge >= 0.3 is 0 Å². The van der Waals surface area contributed by atoms with Crippen molar-refractivity contribution in [3.63, 3.8) is 0 Å². The summed E-state index contributed by atoms with van der Waals surface area (Å²) in [6.07, 6.45) is 7.28. The number of aromatic nitrogens is 2. The first-order valence-corrected chi connectivity index (χ1v) is 6.57.